The molecule has 0 bridgehead atoms. The van der Waals surface area contributed by atoms with Crippen LogP contribution >= 0.6 is 0 Å². The Bertz CT molecular complexity index is 237. The first-order valence-electron chi connectivity index (χ1n) is 8.83. The molecular formula is C15H33N9. The van der Waals surface area contributed by atoms with Crippen molar-refractivity contribution in [3.63, 3.8) is 0 Å². The summed E-state index contributed by atoms with van der Waals surface area (Å²) < 4.78 is 0. The third kappa shape index (κ3) is 15.7. The van der Waals surface area contributed by atoms with Gasteiger partial charge in [-0.3, -0.25) is 0 Å². The molecule has 9 nitrogen and oxygen atoms in total. The molecule has 1 aromatic rings. The summed E-state index contributed by atoms with van der Waals surface area (Å²) in [4.78, 5) is 0. The zero-order valence-electron chi connectivity index (χ0n) is 14.6. The molecule has 0 atom stereocenters. The molecule has 0 aliphatic carbocycles. The molecule has 3 fully saturated rings. The van der Waals surface area contributed by atoms with Crippen molar-refractivity contribution in [2.24, 2.45) is 0 Å². The van der Waals surface area contributed by atoms with E-state index in [1.165, 1.54) is 0 Å². The summed E-state index contributed by atoms with van der Waals surface area (Å²) in [5.74, 6) is 0. The smallest absolute Gasteiger partial charge is 0.0529 e. The maximum atomic E-state index is 3.42. The highest BCUT2D eigenvalue weighted by Gasteiger charge is 1.92. The number of hydrogen-bond acceptors (Lipinski definition) is 9. The highest BCUT2D eigenvalue weighted by Crippen LogP contribution is 1.66. The minimum atomic E-state index is 1.14. The van der Waals surface area contributed by atoms with E-state index < -0.39 is 0 Å². The van der Waals surface area contributed by atoms with Crippen molar-refractivity contribution in [1.29, 1.82) is 0 Å². The third-order valence-corrected chi connectivity index (χ3v) is 3.28. The van der Waals surface area contributed by atoms with E-state index in [2.05, 4.69) is 47.3 Å². The fourth-order valence-corrected chi connectivity index (χ4v) is 2.02. The van der Waals surface area contributed by atoms with Crippen LogP contribution in [0, 0.1) is 0 Å². The lowest BCUT2D eigenvalue weighted by molar-refractivity contribution is 0.534. The van der Waals surface area contributed by atoms with Crippen LogP contribution in [-0.2, 0) is 0 Å². The fraction of sp³-hybridized carbons (Fsp3) is 0.800. The van der Waals surface area contributed by atoms with Gasteiger partial charge in [0.2, 0.25) is 0 Å². The van der Waals surface area contributed by atoms with Gasteiger partial charge < -0.3 is 31.9 Å². The molecule has 0 saturated carbocycles. The molecule has 4 heterocycles. The highest BCUT2D eigenvalue weighted by atomic mass is 15.3. The maximum Gasteiger partial charge on any atom is 0.0529 e. The zero-order chi connectivity index (χ0) is 17.0. The Morgan fingerprint density at radius 2 is 0.667 bits per heavy atom. The summed E-state index contributed by atoms with van der Waals surface area (Å²) in [6, 6.07) is 1.72. The van der Waals surface area contributed by atoms with Crippen molar-refractivity contribution < 1.29 is 0 Å². The second kappa shape index (κ2) is 18.1. The lowest BCUT2D eigenvalue weighted by Crippen LogP contribution is -2.39. The number of aromatic nitrogens is 3. The van der Waals surface area contributed by atoms with E-state index in [0.717, 1.165) is 78.5 Å². The molecule has 3 aliphatic heterocycles. The Hall–Kier alpha value is -1.23. The van der Waals surface area contributed by atoms with Crippen molar-refractivity contribution in [2.45, 2.75) is 0 Å². The van der Waals surface area contributed by atoms with Crippen LogP contribution in [0.15, 0.2) is 18.5 Å². The maximum absolute atomic E-state index is 3.42. The molecule has 0 amide bonds. The van der Waals surface area contributed by atoms with Gasteiger partial charge in [-0.2, -0.15) is 0 Å². The second-order valence-corrected chi connectivity index (χ2v) is 5.31. The standard InChI is InChI=1S/3C4H10N2.C3H3N3/c3*1-2-6-4-3-5-1;1-2-4-6-5-3-1/h3*5-6H,1-4H2;1-3H. The minimum Gasteiger partial charge on any atom is -0.314 e. The van der Waals surface area contributed by atoms with Crippen molar-refractivity contribution in [1.82, 2.24) is 47.3 Å². The van der Waals surface area contributed by atoms with E-state index in [0.29, 0.717) is 0 Å². The lowest BCUT2D eigenvalue weighted by Gasteiger charge is -2.11. The molecule has 0 aromatic carbocycles. The van der Waals surface area contributed by atoms with Crippen LogP contribution in [0.3, 0.4) is 0 Å². The van der Waals surface area contributed by atoms with E-state index in [4.69, 9.17) is 0 Å². The van der Waals surface area contributed by atoms with Crippen LogP contribution in [0.1, 0.15) is 0 Å². The highest BCUT2D eigenvalue weighted by molar-refractivity contribution is 4.69. The molecule has 1 aromatic heterocycles. The van der Waals surface area contributed by atoms with Gasteiger partial charge in [-0.1, -0.05) is 0 Å². The van der Waals surface area contributed by atoms with Gasteiger partial charge in [-0.25, -0.2) is 0 Å². The SMILES string of the molecule is C1CNCCN1.C1CNCCN1.C1CNCCN1.c1cnnnc1. The monoisotopic (exact) mass is 339 g/mol. The molecule has 3 saturated heterocycles. The Balaban J connectivity index is 0.000000160. The molecule has 9 heteroatoms. The van der Waals surface area contributed by atoms with Crippen LogP contribution in [-0.4, -0.2) is 93.9 Å². The molecule has 0 radical (unpaired) electrons. The summed E-state index contributed by atoms with van der Waals surface area (Å²) in [6.07, 6.45) is 3.15. The molecule has 24 heavy (non-hydrogen) atoms. The van der Waals surface area contributed by atoms with Crippen molar-refractivity contribution in [3.8, 4) is 0 Å². The molecule has 4 rings (SSSR count). The number of nitrogens with one attached hydrogen (secondary N) is 6. The number of piperazine rings is 3. The zero-order valence-corrected chi connectivity index (χ0v) is 14.6. The molecule has 3 aliphatic rings. The van der Waals surface area contributed by atoms with Crippen LogP contribution in [0.25, 0.3) is 0 Å². The Kier molecular flexibility index (Phi) is 15.7. The van der Waals surface area contributed by atoms with Gasteiger partial charge in [0.15, 0.2) is 0 Å². The number of rotatable bonds is 0. The number of hydrogen-bond donors (Lipinski definition) is 6. The predicted molar refractivity (Wildman–Crippen MR) is 97.0 cm³/mol. The summed E-state index contributed by atoms with van der Waals surface area (Å²) in [7, 11) is 0. The van der Waals surface area contributed by atoms with E-state index >= 15 is 0 Å². The van der Waals surface area contributed by atoms with Crippen LogP contribution in [0.2, 0.25) is 0 Å². The summed E-state index contributed by atoms with van der Waals surface area (Å²) >= 11 is 0. The number of nitrogens with zero attached hydrogens (tertiary/aromatic N) is 3. The fourth-order valence-electron chi connectivity index (χ4n) is 2.02. The van der Waals surface area contributed by atoms with Crippen LogP contribution in [0.4, 0.5) is 0 Å². The van der Waals surface area contributed by atoms with Crippen molar-refractivity contribution in [3.05, 3.63) is 18.5 Å². The predicted octanol–water partition coefficient (Wildman–Crippen LogP) is -2.59. The summed E-state index contributed by atoms with van der Waals surface area (Å²) in [6.45, 7) is 13.7. The third-order valence-electron chi connectivity index (χ3n) is 3.28. The summed E-state index contributed by atoms with van der Waals surface area (Å²) in [5, 5.41) is 29.5. The first-order valence-corrected chi connectivity index (χ1v) is 8.83. The first kappa shape index (κ1) is 20.8. The van der Waals surface area contributed by atoms with Gasteiger partial charge in [0.1, 0.15) is 0 Å². The van der Waals surface area contributed by atoms with Gasteiger partial charge in [-0.05, 0) is 11.3 Å². The van der Waals surface area contributed by atoms with Gasteiger partial charge in [0.25, 0.3) is 0 Å². The second-order valence-electron chi connectivity index (χ2n) is 5.31. The van der Waals surface area contributed by atoms with E-state index in [-0.39, 0.29) is 0 Å². The Morgan fingerprint density at radius 1 is 0.417 bits per heavy atom. The van der Waals surface area contributed by atoms with E-state index in [1.54, 1.807) is 18.5 Å². The molecule has 0 spiro atoms. The van der Waals surface area contributed by atoms with E-state index in [1.807, 2.05) is 0 Å². The van der Waals surface area contributed by atoms with Crippen LogP contribution < -0.4 is 31.9 Å². The Labute approximate surface area is 145 Å². The van der Waals surface area contributed by atoms with Crippen molar-refractivity contribution in [2.75, 3.05) is 78.5 Å². The van der Waals surface area contributed by atoms with Crippen molar-refractivity contribution >= 4 is 0 Å². The average molecular weight is 339 g/mol. The van der Waals surface area contributed by atoms with Gasteiger partial charge in [0.05, 0.1) is 12.4 Å². The van der Waals surface area contributed by atoms with E-state index in [9.17, 15) is 0 Å². The summed E-state index contributed by atoms with van der Waals surface area (Å²) in [5.41, 5.74) is 0. The normalized spacial score (nSPS) is 20.0. The molecular weight excluding hydrogens is 306 g/mol. The average Bonchev–Trinajstić information content (AvgIpc) is 2.75. The minimum absolute atomic E-state index is 1.14. The Morgan fingerprint density at radius 3 is 0.750 bits per heavy atom. The topological polar surface area (TPSA) is 111 Å². The van der Waals surface area contributed by atoms with Crippen LogP contribution in [0.5, 0.6) is 0 Å². The largest absolute Gasteiger partial charge is 0.314 e. The molecule has 0 unspecified atom stereocenters. The quantitative estimate of drug-likeness (QED) is 0.303. The lowest BCUT2D eigenvalue weighted by atomic mass is 10.4. The van der Waals surface area contributed by atoms with Gasteiger partial charge in [0, 0.05) is 78.5 Å². The molecule has 138 valence electrons. The molecule has 6 N–H and O–H groups in total. The van der Waals surface area contributed by atoms with Gasteiger partial charge >= 0.3 is 0 Å². The first-order chi connectivity index (χ1) is 12.0. The van der Waals surface area contributed by atoms with Gasteiger partial charge in [-0.15, -0.1) is 10.2 Å².